The second-order valence-corrected chi connectivity index (χ2v) is 6.68. The Bertz CT molecular complexity index is 932. The molecule has 0 bridgehead atoms. The molecule has 0 saturated heterocycles. The maximum atomic E-state index is 4.81. The van der Waals surface area contributed by atoms with E-state index in [0.717, 1.165) is 51.7 Å². The predicted octanol–water partition coefficient (Wildman–Crippen LogP) is 2.54. The summed E-state index contributed by atoms with van der Waals surface area (Å²) in [7, 11) is 1.94. The maximum absolute atomic E-state index is 4.81. The standard InChI is InChI=1S/C18H17BrN6/c1-20-9-7-16-23-24-17-11-22-18(14-4-2-3-8-21-14)13-10-12(19)5-6-15(13)25(16)17/h2-6,8,10,20H,7,9,11H2,1H3. The molecule has 0 atom stereocenters. The molecule has 1 N–H and O–H groups in total. The molecule has 0 unspecified atom stereocenters. The zero-order valence-corrected chi connectivity index (χ0v) is 15.4. The van der Waals surface area contributed by atoms with E-state index in [-0.39, 0.29) is 0 Å². The topological polar surface area (TPSA) is 68.0 Å². The van der Waals surface area contributed by atoms with E-state index in [2.05, 4.69) is 53.1 Å². The first-order valence-electron chi connectivity index (χ1n) is 8.12. The first kappa shape index (κ1) is 16.1. The Morgan fingerprint density at radius 2 is 2.12 bits per heavy atom. The molecule has 3 heterocycles. The van der Waals surface area contributed by atoms with Crippen molar-refractivity contribution < 1.29 is 0 Å². The molecule has 0 amide bonds. The van der Waals surface area contributed by atoms with Crippen molar-refractivity contribution in [2.45, 2.75) is 13.0 Å². The normalized spacial score (nSPS) is 13.0. The van der Waals surface area contributed by atoms with E-state index in [9.17, 15) is 0 Å². The molecular weight excluding hydrogens is 380 g/mol. The van der Waals surface area contributed by atoms with E-state index in [1.54, 1.807) is 6.20 Å². The summed E-state index contributed by atoms with van der Waals surface area (Å²) in [5.74, 6) is 1.78. The van der Waals surface area contributed by atoms with Crippen LogP contribution in [0.4, 0.5) is 0 Å². The molecule has 1 aliphatic heterocycles. The monoisotopic (exact) mass is 396 g/mol. The summed E-state index contributed by atoms with van der Waals surface area (Å²) in [6.45, 7) is 1.32. The van der Waals surface area contributed by atoms with Crippen LogP contribution in [0.1, 0.15) is 22.9 Å². The highest BCUT2D eigenvalue weighted by atomic mass is 79.9. The van der Waals surface area contributed by atoms with Gasteiger partial charge in [0.25, 0.3) is 0 Å². The molecule has 0 spiro atoms. The van der Waals surface area contributed by atoms with Crippen molar-refractivity contribution in [1.82, 2.24) is 25.1 Å². The highest BCUT2D eigenvalue weighted by Gasteiger charge is 2.23. The summed E-state index contributed by atoms with van der Waals surface area (Å²) in [4.78, 5) is 9.30. The minimum absolute atomic E-state index is 0.477. The number of nitrogens with one attached hydrogen (secondary N) is 1. The van der Waals surface area contributed by atoms with Gasteiger partial charge in [-0.3, -0.25) is 14.5 Å². The molecule has 0 radical (unpaired) electrons. The summed E-state index contributed by atoms with van der Waals surface area (Å²) < 4.78 is 3.13. The van der Waals surface area contributed by atoms with Gasteiger partial charge < -0.3 is 5.32 Å². The molecule has 7 heteroatoms. The van der Waals surface area contributed by atoms with Crippen molar-refractivity contribution in [1.29, 1.82) is 0 Å². The molecule has 2 aromatic heterocycles. The van der Waals surface area contributed by atoms with Crippen LogP contribution >= 0.6 is 15.9 Å². The van der Waals surface area contributed by atoms with Gasteiger partial charge in [-0.15, -0.1) is 10.2 Å². The highest BCUT2D eigenvalue weighted by molar-refractivity contribution is 9.10. The van der Waals surface area contributed by atoms with Crippen LogP contribution in [0.25, 0.3) is 5.69 Å². The summed E-state index contributed by atoms with van der Waals surface area (Å²) >= 11 is 3.58. The molecule has 0 aliphatic carbocycles. The number of aromatic nitrogens is 4. The van der Waals surface area contributed by atoms with Crippen molar-refractivity contribution in [2.24, 2.45) is 4.99 Å². The Hall–Kier alpha value is -2.38. The third kappa shape index (κ3) is 3.01. The molecule has 1 aromatic carbocycles. The van der Waals surface area contributed by atoms with E-state index in [1.807, 2.05) is 31.3 Å². The SMILES string of the molecule is CNCCc1nnc2n1-c1ccc(Br)cc1C(c1ccccn1)=NC2. The van der Waals surface area contributed by atoms with Crippen LogP contribution in [-0.2, 0) is 13.0 Å². The first-order valence-corrected chi connectivity index (χ1v) is 8.91. The Balaban J connectivity index is 1.90. The Kier molecular flexibility index (Phi) is 4.42. The number of rotatable bonds is 4. The lowest BCUT2D eigenvalue weighted by atomic mass is 10.0. The average molecular weight is 397 g/mol. The van der Waals surface area contributed by atoms with E-state index in [4.69, 9.17) is 4.99 Å². The minimum Gasteiger partial charge on any atom is -0.319 e. The number of fused-ring (bicyclic) bond motifs is 3. The number of benzene rings is 1. The number of aliphatic imine (C=N–C) groups is 1. The Labute approximate surface area is 154 Å². The fraction of sp³-hybridized carbons (Fsp3) is 0.222. The second-order valence-electron chi connectivity index (χ2n) is 5.76. The number of nitrogens with zero attached hydrogens (tertiary/aromatic N) is 5. The van der Waals surface area contributed by atoms with Gasteiger partial charge in [-0.1, -0.05) is 22.0 Å². The Morgan fingerprint density at radius 1 is 1.20 bits per heavy atom. The zero-order valence-electron chi connectivity index (χ0n) is 13.8. The van der Waals surface area contributed by atoms with Crippen molar-refractivity contribution in [3.8, 4) is 5.69 Å². The quantitative estimate of drug-likeness (QED) is 0.735. The lowest BCUT2D eigenvalue weighted by Crippen LogP contribution is -2.15. The minimum atomic E-state index is 0.477. The van der Waals surface area contributed by atoms with Crippen LogP contribution in [0.5, 0.6) is 0 Å². The average Bonchev–Trinajstić information content (AvgIpc) is 2.96. The third-order valence-electron chi connectivity index (χ3n) is 4.14. The van der Waals surface area contributed by atoms with E-state index in [1.165, 1.54) is 0 Å². The van der Waals surface area contributed by atoms with Crippen LogP contribution in [0.3, 0.4) is 0 Å². The Morgan fingerprint density at radius 3 is 2.92 bits per heavy atom. The van der Waals surface area contributed by atoms with E-state index in [0.29, 0.717) is 6.54 Å². The lowest BCUT2D eigenvalue weighted by Gasteiger charge is -2.13. The number of halogens is 1. The number of pyridine rings is 1. The number of hydrogen-bond donors (Lipinski definition) is 1. The maximum Gasteiger partial charge on any atom is 0.159 e. The molecule has 1 aliphatic rings. The van der Waals surface area contributed by atoms with E-state index >= 15 is 0 Å². The van der Waals surface area contributed by atoms with Gasteiger partial charge in [-0.2, -0.15) is 0 Å². The van der Waals surface area contributed by atoms with Gasteiger partial charge in [0.05, 0.1) is 17.1 Å². The van der Waals surface area contributed by atoms with Crippen LogP contribution < -0.4 is 5.32 Å². The predicted molar refractivity (Wildman–Crippen MR) is 100 cm³/mol. The summed E-state index contributed by atoms with van der Waals surface area (Å²) in [5, 5.41) is 11.9. The fourth-order valence-electron chi connectivity index (χ4n) is 2.98. The van der Waals surface area contributed by atoms with Crippen molar-refractivity contribution >= 4 is 21.6 Å². The van der Waals surface area contributed by atoms with Crippen molar-refractivity contribution in [3.05, 3.63) is 70.0 Å². The molecule has 126 valence electrons. The third-order valence-corrected chi connectivity index (χ3v) is 4.63. The van der Waals surface area contributed by atoms with Crippen LogP contribution in [0.2, 0.25) is 0 Å². The molecule has 6 nitrogen and oxygen atoms in total. The van der Waals surface area contributed by atoms with Crippen molar-refractivity contribution in [3.63, 3.8) is 0 Å². The van der Waals surface area contributed by atoms with Crippen LogP contribution in [-0.4, -0.2) is 39.1 Å². The highest BCUT2D eigenvalue weighted by Crippen LogP contribution is 2.28. The summed E-state index contributed by atoms with van der Waals surface area (Å²) in [6.07, 6.45) is 2.59. The van der Waals surface area contributed by atoms with Crippen LogP contribution in [0.15, 0.2) is 52.1 Å². The lowest BCUT2D eigenvalue weighted by molar-refractivity contribution is 0.735. The molecule has 0 saturated carbocycles. The van der Waals surface area contributed by atoms with E-state index < -0.39 is 0 Å². The molecule has 4 rings (SSSR count). The molecule has 3 aromatic rings. The smallest absolute Gasteiger partial charge is 0.159 e. The summed E-state index contributed by atoms with van der Waals surface area (Å²) in [6, 6.07) is 12.1. The molecular formula is C18H17BrN6. The van der Waals surface area contributed by atoms with Gasteiger partial charge >= 0.3 is 0 Å². The summed E-state index contributed by atoms with van der Waals surface area (Å²) in [5.41, 5.74) is 3.80. The van der Waals surface area contributed by atoms with Gasteiger partial charge in [-0.25, -0.2) is 0 Å². The van der Waals surface area contributed by atoms with Gasteiger partial charge in [0.15, 0.2) is 5.82 Å². The van der Waals surface area contributed by atoms with Gasteiger partial charge in [0.1, 0.15) is 12.4 Å². The first-order chi connectivity index (χ1) is 12.3. The fourth-order valence-corrected chi connectivity index (χ4v) is 3.34. The largest absolute Gasteiger partial charge is 0.319 e. The molecule has 25 heavy (non-hydrogen) atoms. The van der Waals surface area contributed by atoms with Gasteiger partial charge in [-0.05, 0) is 37.4 Å². The van der Waals surface area contributed by atoms with Crippen molar-refractivity contribution in [2.75, 3.05) is 13.6 Å². The van der Waals surface area contributed by atoms with Gasteiger partial charge in [0.2, 0.25) is 0 Å². The van der Waals surface area contributed by atoms with Gasteiger partial charge in [0, 0.05) is 29.2 Å². The van der Waals surface area contributed by atoms with Crippen LogP contribution in [0, 0.1) is 0 Å². The second kappa shape index (κ2) is 6.85. The number of hydrogen-bond acceptors (Lipinski definition) is 5. The number of likely N-dealkylation sites (N-methyl/N-ethyl adjacent to an activating group) is 1. The zero-order chi connectivity index (χ0) is 17.2. The molecule has 0 fully saturated rings.